The number of thiophene rings is 1. The van der Waals surface area contributed by atoms with Crippen molar-refractivity contribution in [1.82, 2.24) is 4.57 Å². The Labute approximate surface area is 180 Å². The number of carbonyl (C=O) groups is 1. The predicted molar refractivity (Wildman–Crippen MR) is 117 cm³/mol. The second-order valence-corrected chi connectivity index (χ2v) is 8.10. The molecule has 0 atom stereocenters. The number of carbonyl (C=O) groups excluding carboxylic acids is 1. The number of benzene rings is 1. The smallest absolute Gasteiger partial charge is 0.202 e. The van der Waals surface area contributed by atoms with Gasteiger partial charge in [0.15, 0.2) is 6.61 Å². The van der Waals surface area contributed by atoms with Crippen molar-refractivity contribution in [2.45, 2.75) is 40.0 Å². The highest BCUT2D eigenvalue weighted by Gasteiger charge is 2.19. The number of aliphatic hydroxyl groups excluding tert-OH is 2. The van der Waals surface area contributed by atoms with Crippen molar-refractivity contribution in [3.05, 3.63) is 68.7 Å². The van der Waals surface area contributed by atoms with E-state index in [4.69, 9.17) is 9.47 Å². The van der Waals surface area contributed by atoms with E-state index in [2.05, 4.69) is 16.0 Å². The van der Waals surface area contributed by atoms with Crippen LogP contribution in [-0.2, 0) is 26.2 Å². The molecule has 30 heavy (non-hydrogen) atoms. The van der Waals surface area contributed by atoms with Crippen LogP contribution in [0.1, 0.15) is 37.7 Å². The van der Waals surface area contributed by atoms with Crippen LogP contribution >= 0.6 is 11.3 Å². The molecule has 2 aromatic heterocycles. The van der Waals surface area contributed by atoms with Crippen molar-refractivity contribution in [2.75, 3.05) is 13.7 Å². The number of aliphatic hydroxyl groups is 2. The van der Waals surface area contributed by atoms with Gasteiger partial charge < -0.3 is 24.3 Å². The first-order chi connectivity index (χ1) is 14.5. The summed E-state index contributed by atoms with van der Waals surface area (Å²) in [5.41, 5.74) is 3.50. The van der Waals surface area contributed by atoms with Crippen molar-refractivity contribution in [3.8, 4) is 11.5 Å². The number of nitrogens with zero attached hydrogens (tertiary/aromatic N) is 1. The molecule has 7 heteroatoms. The molecule has 160 valence electrons. The van der Waals surface area contributed by atoms with Crippen molar-refractivity contribution in [1.29, 1.82) is 0 Å². The summed E-state index contributed by atoms with van der Waals surface area (Å²) in [5, 5.41) is 21.4. The average molecular weight is 430 g/mol. The molecule has 0 saturated carbocycles. The number of rotatable bonds is 10. The molecule has 0 unspecified atom stereocenters. The Bertz CT molecular complexity index is 982. The summed E-state index contributed by atoms with van der Waals surface area (Å²) in [4.78, 5) is 14.2. The second kappa shape index (κ2) is 9.93. The molecule has 0 amide bonds. The molecular weight excluding hydrogens is 402 g/mol. The van der Waals surface area contributed by atoms with E-state index < -0.39 is 0 Å². The number of hydrogen-bond acceptors (Lipinski definition) is 6. The van der Waals surface area contributed by atoms with Crippen LogP contribution in [0.2, 0.25) is 0 Å². The molecule has 6 nitrogen and oxygen atoms in total. The fourth-order valence-corrected chi connectivity index (χ4v) is 4.28. The molecule has 0 spiro atoms. The number of hydrogen-bond donors (Lipinski definition) is 2. The third-order valence-corrected chi connectivity index (χ3v) is 6.11. The second-order valence-electron chi connectivity index (χ2n) is 7.07. The van der Waals surface area contributed by atoms with Crippen molar-refractivity contribution < 1.29 is 24.5 Å². The van der Waals surface area contributed by atoms with E-state index >= 15 is 0 Å². The van der Waals surface area contributed by atoms with Gasteiger partial charge in [0.05, 0.1) is 20.3 Å². The van der Waals surface area contributed by atoms with Gasteiger partial charge in [-0.3, -0.25) is 4.79 Å². The Hall–Kier alpha value is -2.61. The van der Waals surface area contributed by atoms with E-state index in [1.165, 1.54) is 12.0 Å². The first-order valence-corrected chi connectivity index (χ1v) is 10.6. The van der Waals surface area contributed by atoms with Gasteiger partial charge >= 0.3 is 0 Å². The number of aryl methyl sites for hydroxylation is 2. The summed E-state index contributed by atoms with van der Waals surface area (Å²) in [6.07, 6.45) is 0.920. The van der Waals surface area contributed by atoms with Gasteiger partial charge in [-0.1, -0.05) is 6.07 Å². The number of ketones is 1. The SMILES string of the molecule is COc1cc(CO)c(OCC(=O)c2cc(C)n(CCc3cccs3)c2C)c(CO)c1. The average Bonchev–Trinajstić information content (AvgIpc) is 3.37. The molecule has 0 radical (unpaired) electrons. The van der Waals surface area contributed by atoms with Crippen LogP contribution in [0.25, 0.3) is 0 Å². The Balaban J connectivity index is 1.75. The molecule has 1 aromatic carbocycles. The molecule has 0 aliphatic heterocycles. The Kier molecular flexibility index (Phi) is 7.31. The number of ether oxygens (including phenoxy) is 2. The minimum absolute atomic E-state index is 0.144. The molecule has 0 fully saturated rings. The zero-order chi connectivity index (χ0) is 21.7. The van der Waals surface area contributed by atoms with E-state index in [0.717, 1.165) is 24.4 Å². The summed E-state index contributed by atoms with van der Waals surface area (Å²) >= 11 is 1.73. The Morgan fingerprint density at radius 2 is 1.83 bits per heavy atom. The molecular formula is C23H27NO5S. The molecule has 3 aromatic rings. The maximum Gasteiger partial charge on any atom is 0.202 e. The first kappa shape index (κ1) is 22.1. The largest absolute Gasteiger partial charge is 0.497 e. The van der Waals surface area contributed by atoms with Gasteiger partial charge in [0, 0.05) is 39.5 Å². The zero-order valence-electron chi connectivity index (χ0n) is 17.5. The minimum atomic E-state index is -0.287. The van der Waals surface area contributed by atoms with E-state index in [0.29, 0.717) is 28.2 Å². The van der Waals surface area contributed by atoms with Crippen LogP contribution in [0.15, 0.2) is 35.7 Å². The summed E-state index contributed by atoms with van der Waals surface area (Å²) < 4.78 is 13.1. The molecule has 0 aliphatic carbocycles. The van der Waals surface area contributed by atoms with E-state index in [1.54, 1.807) is 23.5 Å². The van der Waals surface area contributed by atoms with Crippen molar-refractivity contribution in [3.63, 3.8) is 0 Å². The predicted octanol–water partition coefficient (Wildman–Crippen LogP) is 3.66. The molecule has 0 bridgehead atoms. The highest BCUT2D eigenvalue weighted by Crippen LogP contribution is 2.30. The fraction of sp³-hybridized carbons (Fsp3) is 0.348. The van der Waals surface area contributed by atoms with Crippen LogP contribution in [0.5, 0.6) is 11.5 Å². The number of aromatic nitrogens is 1. The fourth-order valence-electron chi connectivity index (χ4n) is 3.58. The Morgan fingerprint density at radius 3 is 2.40 bits per heavy atom. The number of methoxy groups -OCH3 is 1. The van der Waals surface area contributed by atoms with Crippen LogP contribution in [0.3, 0.4) is 0 Å². The molecule has 2 N–H and O–H groups in total. The van der Waals surface area contributed by atoms with Crippen molar-refractivity contribution in [2.24, 2.45) is 0 Å². The molecule has 2 heterocycles. The maximum absolute atomic E-state index is 12.9. The lowest BCUT2D eigenvalue weighted by Gasteiger charge is -2.15. The van der Waals surface area contributed by atoms with Crippen LogP contribution in [0, 0.1) is 13.8 Å². The van der Waals surface area contributed by atoms with Gasteiger partial charge in [0.25, 0.3) is 0 Å². The minimum Gasteiger partial charge on any atom is -0.497 e. The highest BCUT2D eigenvalue weighted by molar-refractivity contribution is 7.09. The maximum atomic E-state index is 12.9. The quantitative estimate of drug-likeness (QED) is 0.481. The van der Waals surface area contributed by atoms with Gasteiger partial charge in [-0.25, -0.2) is 0 Å². The van der Waals surface area contributed by atoms with Crippen molar-refractivity contribution >= 4 is 17.1 Å². The van der Waals surface area contributed by atoms with Gasteiger partial charge in [-0.15, -0.1) is 11.3 Å². The van der Waals surface area contributed by atoms with Gasteiger partial charge in [0.1, 0.15) is 11.5 Å². The lowest BCUT2D eigenvalue weighted by Crippen LogP contribution is -2.15. The lowest BCUT2D eigenvalue weighted by molar-refractivity contribution is 0.0916. The van der Waals surface area contributed by atoms with Gasteiger partial charge in [-0.05, 0) is 49.9 Å². The summed E-state index contributed by atoms with van der Waals surface area (Å²) in [7, 11) is 1.51. The zero-order valence-corrected chi connectivity index (χ0v) is 18.3. The van der Waals surface area contributed by atoms with Gasteiger partial charge in [0.2, 0.25) is 5.78 Å². The molecule has 0 aliphatic rings. The third kappa shape index (κ3) is 4.75. The molecule has 3 rings (SSSR count). The summed E-state index contributed by atoms with van der Waals surface area (Å²) in [6.45, 7) is 4.00. The monoisotopic (exact) mass is 429 g/mol. The standard InChI is InChI=1S/C23H27NO5S/c1-15-9-21(16(2)24(15)7-6-20-5-4-8-30-20)22(27)14-29-23-17(12-25)10-19(28-3)11-18(23)13-26/h4-5,8-11,25-26H,6-7,12-14H2,1-3H3. The highest BCUT2D eigenvalue weighted by atomic mass is 32.1. The van der Waals surface area contributed by atoms with Crippen LogP contribution in [0.4, 0.5) is 0 Å². The lowest BCUT2D eigenvalue weighted by atomic mass is 10.1. The molecule has 0 saturated heterocycles. The Morgan fingerprint density at radius 1 is 1.13 bits per heavy atom. The van der Waals surface area contributed by atoms with E-state index in [-0.39, 0.29) is 25.6 Å². The third-order valence-electron chi connectivity index (χ3n) is 5.18. The number of Topliss-reactive ketones (excluding diaryl/α,β-unsaturated/α-hetero) is 1. The summed E-state index contributed by atoms with van der Waals surface area (Å²) in [6, 6.07) is 9.32. The van der Waals surface area contributed by atoms with Gasteiger partial charge in [-0.2, -0.15) is 0 Å². The first-order valence-electron chi connectivity index (χ1n) is 9.75. The van der Waals surface area contributed by atoms with Crippen LogP contribution in [-0.4, -0.2) is 34.3 Å². The summed E-state index contributed by atoms with van der Waals surface area (Å²) in [5.74, 6) is 0.686. The topological polar surface area (TPSA) is 80.9 Å². The van der Waals surface area contributed by atoms with Crippen LogP contribution < -0.4 is 9.47 Å². The normalized spacial score (nSPS) is 11.0. The van der Waals surface area contributed by atoms with E-state index in [1.807, 2.05) is 26.0 Å². The van der Waals surface area contributed by atoms with E-state index in [9.17, 15) is 15.0 Å².